The van der Waals surface area contributed by atoms with E-state index in [4.69, 9.17) is 23.8 Å². The Morgan fingerprint density at radius 1 is 0.912 bits per heavy atom. The molecule has 7 nitrogen and oxygen atoms in total. The molecule has 1 heterocycles. The SMILES string of the molecule is O=C(CC1C(=O)N(Cc2ccccc2)C(=S)N1NC(=O)c1ccccc1)Nc1ccc(Cl)cc1. The Bertz CT molecular complexity index is 1210. The number of carbonyl (C=O) groups is 3. The number of nitrogens with one attached hydrogen (secondary N) is 2. The zero-order valence-corrected chi connectivity index (χ0v) is 19.6. The molecule has 0 aromatic heterocycles. The van der Waals surface area contributed by atoms with E-state index >= 15 is 0 Å². The summed E-state index contributed by atoms with van der Waals surface area (Å²) in [5.41, 5.74) is 4.54. The molecule has 1 aliphatic heterocycles. The maximum atomic E-state index is 13.3. The summed E-state index contributed by atoms with van der Waals surface area (Å²) in [7, 11) is 0. The predicted octanol–water partition coefficient (Wildman–Crippen LogP) is 4.01. The third-order valence-electron chi connectivity index (χ3n) is 5.25. The molecule has 0 spiro atoms. The van der Waals surface area contributed by atoms with Crippen LogP contribution in [0.4, 0.5) is 5.69 Å². The van der Waals surface area contributed by atoms with Crippen molar-refractivity contribution in [2.75, 3.05) is 5.32 Å². The molecule has 4 rings (SSSR count). The van der Waals surface area contributed by atoms with Gasteiger partial charge in [0, 0.05) is 16.3 Å². The number of amides is 3. The van der Waals surface area contributed by atoms with Gasteiger partial charge in [-0.1, -0.05) is 60.1 Å². The highest BCUT2D eigenvalue weighted by atomic mass is 35.5. The maximum Gasteiger partial charge on any atom is 0.269 e. The molecule has 3 aromatic carbocycles. The lowest BCUT2D eigenvalue weighted by atomic mass is 10.1. The Kier molecular flexibility index (Phi) is 7.20. The number of hydrogen-bond acceptors (Lipinski definition) is 4. The fourth-order valence-corrected chi connectivity index (χ4v) is 4.00. The van der Waals surface area contributed by atoms with Crippen LogP contribution in [0.5, 0.6) is 0 Å². The van der Waals surface area contributed by atoms with E-state index in [1.807, 2.05) is 30.3 Å². The van der Waals surface area contributed by atoms with Crippen LogP contribution in [0.1, 0.15) is 22.3 Å². The molecular weight excluding hydrogens is 472 g/mol. The molecule has 3 aromatic rings. The molecular formula is C25H21ClN4O3S. The Labute approximate surface area is 207 Å². The molecule has 172 valence electrons. The average Bonchev–Trinajstić information content (AvgIpc) is 3.06. The fraction of sp³-hybridized carbons (Fsp3) is 0.120. The third kappa shape index (κ3) is 5.41. The molecule has 1 unspecified atom stereocenters. The molecule has 0 radical (unpaired) electrons. The summed E-state index contributed by atoms with van der Waals surface area (Å²) in [4.78, 5) is 40.3. The van der Waals surface area contributed by atoms with Crippen LogP contribution < -0.4 is 10.7 Å². The number of hydrazine groups is 1. The van der Waals surface area contributed by atoms with Crippen molar-refractivity contribution < 1.29 is 14.4 Å². The summed E-state index contributed by atoms with van der Waals surface area (Å²) in [6.07, 6.45) is -0.206. The molecule has 9 heteroatoms. The molecule has 0 aliphatic carbocycles. The van der Waals surface area contributed by atoms with Gasteiger partial charge in [-0.3, -0.25) is 24.7 Å². The van der Waals surface area contributed by atoms with Crippen LogP contribution in [0.15, 0.2) is 84.9 Å². The van der Waals surface area contributed by atoms with Crippen molar-refractivity contribution in [3.8, 4) is 0 Å². The summed E-state index contributed by atoms with van der Waals surface area (Å²) in [6, 6.07) is 23.6. The van der Waals surface area contributed by atoms with Crippen LogP contribution >= 0.6 is 23.8 Å². The van der Waals surface area contributed by atoms with Gasteiger partial charge in [0.2, 0.25) is 5.91 Å². The van der Waals surface area contributed by atoms with Crippen molar-refractivity contribution in [2.45, 2.75) is 19.0 Å². The topological polar surface area (TPSA) is 81.8 Å². The molecule has 0 saturated carbocycles. The number of rotatable bonds is 7. The number of halogens is 1. The third-order valence-corrected chi connectivity index (χ3v) is 5.92. The van der Waals surface area contributed by atoms with Gasteiger partial charge in [0.25, 0.3) is 11.8 Å². The number of anilines is 1. The molecule has 3 amide bonds. The van der Waals surface area contributed by atoms with Crippen molar-refractivity contribution in [2.24, 2.45) is 0 Å². The zero-order valence-electron chi connectivity index (χ0n) is 18.0. The molecule has 2 N–H and O–H groups in total. The van der Waals surface area contributed by atoms with Crippen LogP contribution in [0.2, 0.25) is 5.02 Å². The Morgan fingerprint density at radius 2 is 1.53 bits per heavy atom. The Morgan fingerprint density at radius 3 is 2.18 bits per heavy atom. The predicted molar refractivity (Wildman–Crippen MR) is 134 cm³/mol. The first kappa shape index (κ1) is 23.4. The van der Waals surface area contributed by atoms with Gasteiger partial charge < -0.3 is 5.32 Å². The van der Waals surface area contributed by atoms with E-state index < -0.39 is 17.9 Å². The number of hydrogen-bond donors (Lipinski definition) is 2. The standard InChI is InChI=1S/C25H21ClN4O3S/c26-19-11-13-20(14-12-19)27-22(31)15-21-24(33)29(16-17-7-3-1-4-8-17)25(34)30(21)28-23(32)18-9-5-2-6-10-18/h1-14,21H,15-16H2,(H,27,31)(H,28,32). The lowest BCUT2D eigenvalue weighted by molar-refractivity contribution is -0.131. The van der Waals surface area contributed by atoms with E-state index in [1.54, 1.807) is 54.6 Å². The van der Waals surface area contributed by atoms with Crippen LogP contribution in [0.25, 0.3) is 0 Å². The smallest absolute Gasteiger partial charge is 0.269 e. The highest BCUT2D eigenvalue weighted by molar-refractivity contribution is 7.80. The fourth-order valence-electron chi connectivity index (χ4n) is 3.55. The van der Waals surface area contributed by atoms with Gasteiger partial charge in [0.1, 0.15) is 6.04 Å². The lowest BCUT2D eigenvalue weighted by Crippen LogP contribution is -2.49. The van der Waals surface area contributed by atoms with E-state index in [1.165, 1.54) is 9.91 Å². The van der Waals surface area contributed by atoms with Gasteiger partial charge in [-0.2, -0.15) is 0 Å². The van der Waals surface area contributed by atoms with Crippen LogP contribution in [-0.2, 0) is 16.1 Å². The number of benzene rings is 3. The van der Waals surface area contributed by atoms with Crippen molar-refractivity contribution in [1.29, 1.82) is 0 Å². The van der Waals surface area contributed by atoms with Gasteiger partial charge in [-0.05, 0) is 54.2 Å². The normalized spacial score (nSPS) is 15.4. The van der Waals surface area contributed by atoms with E-state index in [-0.39, 0.29) is 24.0 Å². The maximum absolute atomic E-state index is 13.3. The van der Waals surface area contributed by atoms with E-state index in [9.17, 15) is 14.4 Å². The van der Waals surface area contributed by atoms with E-state index in [2.05, 4.69) is 10.7 Å². The zero-order chi connectivity index (χ0) is 24.1. The second-order valence-electron chi connectivity index (χ2n) is 7.64. The summed E-state index contributed by atoms with van der Waals surface area (Å²) >= 11 is 11.4. The van der Waals surface area contributed by atoms with Crippen LogP contribution in [0.3, 0.4) is 0 Å². The number of thiocarbonyl (C=S) groups is 1. The first-order valence-electron chi connectivity index (χ1n) is 10.5. The van der Waals surface area contributed by atoms with E-state index in [0.29, 0.717) is 16.3 Å². The van der Waals surface area contributed by atoms with Gasteiger partial charge in [-0.15, -0.1) is 0 Å². The van der Waals surface area contributed by atoms with E-state index in [0.717, 1.165) is 5.56 Å². The average molecular weight is 493 g/mol. The second-order valence-corrected chi connectivity index (χ2v) is 8.45. The number of nitrogens with zero attached hydrogens (tertiary/aromatic N) is 2. The summed E-state index contributed by atoms with van der Waals surface area (Å²) in [5.74, 6) is -1.20. The van der Waals surface area contributed by atoms with Crippen molar-refractivity contribution >= 4 is 52.3 Å². The second kappa shape index (κ2) is 10.5. The van der Waals surface area contributed by atoms with Crippen molar-refractivity contribution in [1.82, 2.24) is 15.3 Å². The summed E-state index contributed by atoms with van der Waals surface area (Å²) in [6.45, 7) is 0.228. The molecule has 0 bridgehead atoms. The van der Waals surface area contributed by atoms with Crippen molar-refractivity contribution in [3.05, 3.63) is 101 Å². The van der Waals surface area contributed by atoms with Gasteiger partial charge >= 0.3 is 0 Å². The van der Waals surface area contributed by atoms with Gasteiger partial charge in [-0.25, -0.2) is 5.01 Å². The molecule has 1 atom stereocenters. The molecule has 34 heavy (non-hydrogen) atoms. The number of carbonyl (C=O) groups excluding carboxylic acids is 3. The highest BCUT2D eigenvalue weighted by Gasteiger charge is 2.44. The Balaban J connectivity index is 1.55. The van der Waals surface area contributed by atoms with Crippen LogP contribution in [-0.4, -0.2) is 38.8 Å². The lowest BCUT2D eigenvalue weighted by Gasteiger charge is -2.24. The summed E-state index contributed by atoms with van der Waals surface area (Å²) < 4.78 is 0. The minimum atomic E-state index is -0.990. The minimum Gasteiger partial charge on any atom is -0.326 e. The summed E-state index contributed by atoms with van der Waals surface area (Å²) in [5, 5.41) is 4.72. The molecule has 1 fully saturated rings. The highest BCUT2D eigenvalue weighted by Crippen LogP contribution is 2.23. The first-order chi connectivity index (χ1) is 16.4. The largest absolute Gasteiger partial charge is 0.326 e. The molecule has 1 saturated heterocycles. The molecule has 1 aliphatic rings. The van der Waals surface area contributed by atoms with Crippen molar-refractivity contribution in [3.63, 3.8) is 0 Å². The monoisotopic (exact) mass is 492 g/mol. The Hall–Kier alpha value is -3.75. The van der Waals surface area contributed by atoms with Gasteiger partial charge in [0.15, 0.2) is 5.11 Å². The minimum absolute atomic E-state index is 0.127. The quantitative estimate of drug-likeness (QED) is 0.487. The van der Waals surface area contributed by atoms with Crippen LogP contribution in [0, 0.1) is 0 Å². The first-order valence-corrected chi connectivity index (χ1v) is 11.3. The van der Waals surface area contributed by atoms with Gasteiger partial charge in [0.05, 0.1) is 13.0 Å².